The lowest BCUT2D eigenvalue weighted by Crippen LogP contribution is -2.22. The van der Waals surface area contributed by atoms with Gasteiger partial charge in [0.2, 0.25) is 11.8 Å². The van der Waals surface area contributed by atoms with Crippen LogP contribution in [0.5, 0.6) is 5.88 Å². The van der Waals surface area contributed by atoms with E-state index in [-0.39, 0.29) is 5.91 Å². The molecule has 1 aromatic carbocycles. The van der Waals surface area contributed by atoms with E-state index in [1.807, 2.05) is 49.4 Å². The van der Waals surface area contributed by atoms with Crippen molar-refractivity contribution in [1.82, 2.24) is 10.3 Å². The summed E-state index contributed by atoms with van der Waals surface area (Å²) in [4.78, 5) is 16.0. The van der Waals surface area contributed by atoms with Gasteiger partial charge >= 0.3 is 0 Å². The molecule has 1 N–H and O–H groups in total. The molecule has 0 atom stereocenters. The minimum Gasteiger partial charge on any atom is -0.478 e. The first-order chi connectivity index (χ1) is 13.1. The van der Waals surface area contributed by atoms with Crippen LogP contribution in [-0.4, -0.2) is 24.0 Å². The minimum absolute atomic E-state index is 0.0721. The van der Waals surface area contributed by atoms with Gasteiger partial charge in [-0.3, -0.25) is 4.79 Å². The fraction of sp³-hybridized carbons (Fsp3) is 0.304. The number of rotatable bonds is 11. The lowest BCUT2D eigenvalue weighted by molar-refractivity contribution is -0.116. The van der Waals surface area contributed by atoms with Gasteiger partial charge < -0.3 is 10.1 Å². The Hall–Kier alpha value is -2.88. The minimum atomic E-state index is -0.0721. The van der Waals surface area contributed by atoms with E-state index in [0.29, 0.717) is 19.0 Å². The van der Waals surface area contributed by atoms with Crippen molar-refractivity contribution >= 4 is 16.8 Å². The second kappa shape index (κ2) is 11.7. The lowest BCUT2D eigenvalue weighted by Gasteiger charge is -2.05. The maximum absolute atomic E-state index is 11.5. The number of unbranched alkanes of at least 4 members (excludes halogenated alkanes) is 2. The van der Waals surface area contributed by atoms with Gasteiger partial charge in [0.1, 0.15) is 0 Å². The molecule has 2 rings (SSSR count). The predicted octanol–water partition coefficient (Wildman–Crippen LogP) is 4.98. The molecule has 0 fully saturated rings. The van der Waals surface area contributed by atoms with Crippen LogP contribution >= 0.6 is 0 Å². The first kappa shape index (κ1) is 20.4. The molecule has 142 valence electrons. The van der Waals surface area contributed by atoms with Crippen molar-refractivity contribution < 1.29 is 9.53 Å². The number of hydrogen-bond donors (Lipinski definition) is 1. The number of allylic oxidation sites excluding steroid dienone is 3. The van der Waals surface area contributed by atoms with Gasteiger partial charge in [-0.2, -0.15) is 0 Å². The van der Waals surface area contributed by atoms with Gasteiger partial charge in [-0.15, -0.1) is 6.58 Å². The molecule has 0 saturated carbocycles. The van der Waals surface area contributed by atoms with Crippen LogP contribution in [0.1, 0.15) is 32.6 Å². The van der Waals surface area contributed by atoms with Crippen LogP contribution in [0.4, 0.5) is 0 Å². The van der Waals surface area contributed by atoms with Gasteiger partial charge in [-0.05, 0) is 44.7 Å². The monoisotopic (exact) mass is 364 g/mol. The summed E-state index contributed by atoms with van der Waals surface area (Å²) in [5.74, 6) is 0.599. The van der Waals surface area contributed by atoms with Gasteiger partial charge in [-0.1, -0.05) is 42.0 Å². The van der Waals surface area contributed by atoms with Crippen LogP contribution in [0, 0.1) is 0 Å². The topological polar surface area (TPSA) is 51.2 Å². The van der Waals surface area contributed by atoms with E-state index in [1.54, 1.807) is 12.2 Å². The molecule has 1 aromatic heterocycles. The van der Waals surface area contributed by atoms with Gasteiger partial charge in [0, 0.05) is 24.1 Å². The molecule has 0 aliphatic carbocycles. The molecule has 1 heterocycles. The van der Waals surface area contributed by atoms with Crippen LogP contribution in [0.25, 0.3) is 10.9 Å². The molecule has 0 unspecified atom stereocenters. The standard InChI is InChI=1S/C23H28N2O2/c1-19(2)16-17-24-22(26)13-7-5-3-4-6-10-18-27-23-15-14-20-11-8-9-12-21(20)25-23/h3,5,7-9,11-15H,1,4,6,10,16-18H2,2H3,(H,24,26)/b5-3+,13-7+. The van der Waals surface area contributed by atoms with Gasteiger partial charge in [0.05, 0.1) is 12.1 Å². The molecule has 0 spiro atoms. The molecule has 0 aliphatic heterocycles. The van der Waals surface area contributed by atoms with Crippen LogP contribution in [0.3, 0.4) is 0 Å². The molecular weight excluding hydrogens is 336 g/mol. The number of nitrogens with zero attached hydrogens (tertiary/aromatic N) is 1. The van der Waals surface area contributed by atoms with Crippen molar-refractivity contribution in [1.29, 1.82) is 0 Å². The van der Waals surface area contributed by atoms with Crippen molar-refractivity contribution in [2.24, 2.45) is 0 Å². The quantitative estimate of drug-likeness (QED) is 0.265. The predicted molar refractivity (Wildman–Crippen MR) is 112 cm³/mol. The highest BCUT2D eigenvalue weighted by Gasteiger charge is 1.98. The third-order valence-electron chi connectivity index (χ3n) is 3.93. The number of hydrogen-bond acceptors (Lipinski definition) is 3. The van der Waals surface area contributed by atoms with Crippen molar-refractivity contribution in [3.05, 3.63) is 72.9 Å². The number of aromatic nitrogens is 1. The molecule has 2 aromatic rings. The number of benzene rings is 1. The zero-order chi connectivity index (χ0) is 19.3. The molecule has 1 amide bonds. The van der Waals surface area contributed by atoms with Crippen molar-refractivity contribution in [2.75, 3.05) is 13.2 Å². The number of carbonyl (C=O) groups excluding carboxylic acids is 1. The van der Waals surface area contributed by atoms with Crippen LogP contribution in [0.2, 0.25) is 0 Å². The summed E-state index contributed by atoms with van der Waals surface area (Å²) < 4.78 is 5.72. The Kier molecular flexibility index (Phi) is 8.84. The Balaban J connectivity index is 1.56. The normalized spacial score (nSPS) is 11.3. The van der Waals surface area contributed by atoms with Crippen LogP contribution in [0.15, 0.2) is 72.9 Å². The number of para-hydroxylation sites is 1. The highest BCUT2D eigenvalue weighted by atomic mass is 16.5. The molecule has 0 aliphatic rings. The van der Waals surface area contributed by atoms with Crippen molar-refractivity contribution in [3.63, 3.8) is 0 Å². The summed E-state index contributed by atoms with van der Waals surface area (Å²) in [6, 6.07) is 11.9. The molecular formula is C23H28N2O2. The van der Waals surface area contributed by atoms with Gasteiger partial charge in [0.15, 0.2) is 0 Å². The maximum atomic E-state index is 11.5. The van der Waals surface area contributed by atoms with Gasteiger partial charge in [0.25, 0.3) is 0 Å². The summed E-state index contributed by atoms with van der Waals surface area (Å²) in [6.45, 7) is 7.04. The molecule has 4 heteroatoms. The summed E-state index contributed by atoms with van der Waals surface area (Å²) in [6.07, 6.45) is 11.0. The van der Waals surface area contributed by atoms with E-state index in [0.717, 1.165) is 42.2 Å². The van der Waals surface area contributed by atoms with Crippen molar-refractivity contribution in [2.45, 2.75) is 32.6 Å². The fourth-order valence-electron chi connectivity index (χ4n) is 2.44. The van der Waals surface area contributed by atoms with Crippen LogP contribution < -0.4 is 10.1 Å². The molecule has 27 heavy (non-hydrogen) atoms. The molecule has 0 saturated heterocycles. The Labute approximate surface area is 161 Å². The van der Waals surface area contributed by atoms with Crippen LogP contribution in [-0.2, 0) is 4.79 Å². The van der Waals surface area contributed by atoms with E-state index < -0.39 is 0 Å². The Bertz CT molecular complexity index is 809. The molecule has 0 radical (unpaired) electrons. The molecule has 0 bridgehead atoms. The summed E-state index contributed by atoms with van der Waals surface area (Å²) >= 11 is 0. The SMILES string of the molecule is C=C(C)CCNC(=O)/C=C/C=C/CCCCOc1ccc2ccccc2n1. The van der Waals surface area contributed by atoms with Crippen molar-refractivity contribution in [3.8, 4) is 5.88 Å². The van der Waals surface area contributed by atoms with E-state index >= 15 is 0 Å². The van der Waals surface area contributed by atoms with Gasteiger partial charge in [-0.25, -0.2) is 4.98 Å². The second-order valence-corrected chi connectivity index (χ2v) is 6.47. The number of fused-ring (bicyclic) bond motifs is 1. The Morgan fingerprint density at radius 1 is 1.19 bits per heavy atom. The number of nitrogens with one attached hydrogen (secondary N) is 1. The van der Waals surface area contributed by atoms with E-state index in [2.05, 4.69) is 23.0 Å². The Morgan fingerprint density at radius 3 is 2.89 bits per heavy atom. The zero-order valence-electron chi connectivity index (χ0n) is 16.0. The van der Waals surface area contributed by atoms with E-state index in [9.17, 15) is 4.79 Å². The second-order valence-electron chi connectivity index (χ2n) is 6.47. The smallest absolute Gasteiger partial charge is 0.243 e. The van der Waals surface area contributed by atoms with E-state index in [4.69, 9.17) is 4.74 Å². The third kappa shape index (κ3) is 8.36. The highest BCUT2D eigenvalue weighted by molar-refractivity contribution is 5.87. The average molecular weight is 364 g/mol. The average Bonchev–Trinajstić information content (AvgIpc) is 2.66. The summed E-state index contributed by atoms with van der Waals surface area (Å²) in [5.41, 5.74) is 2.02. The first-order valence-corrected chi connectivity index (χ1v) is 9.39. The summed E-state index contributed by atoms with van der Waals surface area (Å²) in [5, 5.41) is 3.93. The zero-order valence-corrected chi connectivity index (χ0v) is 16.0. The number of pyridine rings is 1. The molecule has 4 nitrogen and oxygen atoms in total. The number of carbonyl (C=O) groups is 1. The summed E-state index contributed by atoms with van der Waals surface area (Å²) in [7, 11) is 0. The van der Waals surface area contributed by atoms with E-state index in [1.165, 1.54) is 0 Å². The largest absolute Gasteiger partial charge is 0.478 e. The first-order valence-electron chi connectivity index (χ1n) is 9.39. The maximum Gasteiger partial charge on any atom is 0.243 e. The third-order valence-corrected chi connectivity index (χ3v) is 3.93. The number of amides is 1. The fourth-order valence-corrected chi connectivity index (χ4v) is 2.44. The number of ether oxygens (including phenoxy) is 1. The Morgan fingerprint density at radius 2 is 2.04 bits per heavy atom. The lowest BCUT2D eigenvalue weighted by atomic mass is 10.2. The highest BCUT2D eigenvalue weighted by Crippen LogP contribution is 2.16.